The molecule has 1 saturated heterocycles. The number of carbonyl (C=O) groups excluding carboxylic acids is 2. The summed E-state index contributed by atoms with van der Waals surface area (Å²) in [5.74, 6) is 1.40. The Balaban J connectivity index is 1.68. The maximum absolute atomic E-state index is 12.1. The maximum Gasteiger partial charge on any atom is 0.235 e. The second-order valence-electron chi connectivity index (χ2n) is 5.94. The number of aryl methyl sites for hydroxylation is 1. The number of carbonyl (C=O) groups is 2. The van der Waals surface area contributed by atoms with Gasteiger partial charge in [0.05, 0.1) is 11.5 Å². The summed E-state index contributed by atoms with van der Waals surface area (Å²) >= 11 is 1.30. The van der Waals surface area contributed by atoms with Crippen LogP contribution >= 0.6 is 11.8 Å². The Morgan fingerprint density at radius 1 is 1.55 bits per heavy atom. The number of nitrogens with zero attached hydrogens (tertiary/aromatic N) is 2. The summed E-state index contributed by atoms with van der Waals surface area (Å²) in [6.45, 7) is 5.89. The van der Waals surface area contributed by atoms with Crippen LogP contribution in [0.15, 0.2) is 10.6 Å². The van der Waals surface area contributed by atoms with Gasteiger partial charge in [-0.15, -0.1) is 11.8 Å². The summed E-state index contributed by atoms with van der Waals surface area (Å²) in [6, 6.07) is 1.64. The number of anilines is 1. The van der Waals surface area contributed by atoms with Crippen molar-refractivity contribution in [2.75, 3.05) is 36.5 Å². The van der Waals surface area contributed by atoms with Crippen LogP contribution in [-0.4, -0.2) is 53.0 Å². The maximum atomic E-state index is 12.1. The Labute approximate surface area is 134 Å². The van der Waals surface area contributed by atoms with Crippen LogP contribution in [0.25, 0.3) is 0 Å². The number of rotatable bonds is 6. The molecular weight excluding hydrogens is 304 g/mol. The minimum atomic E-state index is -0.195. The number of likely N-dealkylation sites (tertiary alicyclic amines) is 1. The highest BCUT2D eigenvalue weighted by atomic mass is 32.2. The molecule has 1 aromatic rings. The summed E-state index contributed by atoms with van der Waals surface area (Å²) in [6.07, 6.45) is 0.936. The molecule has 2 amide bonds. The van der Waals surface area contributed by atoms with Gasteiger partial charge in [0, 0.05) is 19.2 Å². The molecule has 1 aromatic heterocycles. The number of nitrogens with one attached hydrogen (secondary N) is 1. The smallest absolute Gasteiger partial charge is 0.235 e. The van der Waals surface area contributed by atoms with Gasteiger partial charge in [0.1, 0.15) is 5.76 Å². The highest BCUT2D eigenvalue weighted by molar-refractivity contribution is 8.00. The number of aromatic nitrogens is 1. The molecule has 2 heterocycles. The molecule has 0 aliphatic carbocycles. The molecule has 3 N–H and O–H groups in total. The van der Waals surface area contributed by atoms with Crippen molar-refractivity contribution in [1.29, 1.82) is 0 Å². The quantitative estimate of drug-likeness (QED) is 0.804. The van der Waals surface area contributed by atoms with Gasteiger partial charge in [0.2, 0.25) is 11.8 Å². The minimum absolute atomic E-state index is 0.0303. The van der Waals surface area contributed by atoms with E-state index in [1.54, 1.807) is 13.0 Å². The number of hydrogen-bond donors (Lipinski definition) is 2. The average Bonchev–Trinajstić information content (AvgIpc) is 3.06. The second kappa shape index (κ2) is 7.15. The zero-order valence-electron chi connectivity index (χ0n) is 12.9. The van der Waals surface area contributed by atoms with Crippen molar-refractivity contribution < 1.29 is 14.1 Å². The lowest BCUT2D eigenvalue weighted by Crippen LogP contribution is -2.35. The molecule has 1 aliphatic rings. The zero-order chi connectivity index (χ0) is 16.2. The molecule has 1 fully saturated rings. The van der Waals surface area contributed by atoms with E-state index in [2.05, 4.69) is 17.4 Å². The monoisotopic (exact) mass is 326 g/mol. The van der Waals surface area contributed by atoms with Crippen LogP contribution in [0.4, 0.5) is 5.82 Å². The molecule has 0 bridgehead atoms. The third kappa shape index (κ3) is 4.48. The molecule has 22 heavy (non-hydrogen) atoms. The first-order valence-electron chi connectivity index (χ1n) is 7.21. The molecule has 1 atom stereocenters. The normalized spacial score (nSPS) is 21.1. The van der Waals surface area contributed by atoms with Gasteiger partial charge < -0.3 is 20.5 Å². The van der Waals surface area contributed by atoms with E-state index in [-0.39, 0.29) is 23.0 Å². The Kier molecular flexibility index (Phi) is 5.47. The van der Waals surface area contributed by atoms with Gasteiger partial charge in [0.25, 0.3) is 0 Å². The number of nitrogens with two attached hydrogens (primary N) is 1. The van der Waals surface area contributed by atoms with Gasteiger partial charge in [-0.3, -0.25) is 9.59 Å². The van der Waals surface area contributed by atoms with Crippen LogP contribution in [0.3, 0.4) is 0 Å². The van der Waals surface area contributed by atoms with Crippen LogP contribution in [0, 0.1) is 12.3 Å². The predicted octanol–water partition coefficient (Wildman–Crippen LogP) is 0.852. The van der Waals surface area contributed by atoms with Crippen molar-refractivity contribution in [2.45, 2.75) is 20.3 Å². The molecule has 0 saturated carbocycles. The standard InChI is InChI=1S/C14H22N4O3S/c1-10-5-11(17-21-10)16-12(19)6-22-7-13(20)18-4-3-14(2,8-15)9-18/h5H,3-4,6-9,15H2,1-2H3,(H,16,17,19). The largest absolute Gasteiger partial charge is 0.360 e. The lowest BCUT2D eigenvalue weighted by molar-refractivity contribution is -0.127. The third-order valence-corrected chi connectivity index (χ3v) is 4.67. The van der Waals surface area contributed by atoms with Gasteiger partial charge in [-0.2, -0.15) is 0 Å². The number of hydrogen-bond acceptors (Lipinski definition) is 6. The van der Waals surface area contributed by atoms with Crippen molar-refractivity contribution in [3.05, 3.63) is 11.8 Å². The fourth-order valence-corrected chi connectivity index (χ4v) is 3.05. The Hall–Kier alpha value is -1.54. The van der Waals surface area contributed by atoms with E-state index in [1.807, 2.05) is 4.90 Å². The van der Waals surface area contributed by atoms with Crippen LogP contribution < -0.4 is 11.1 Å². The first-order chi connectivity index (χ1) is 10.4. The van der Waals surface area contributed by atoms with Crippen molar-refractivity contribution in [2.24, 2.45) is 11.1 Å². The van der Waals surface area contributed by atoms with Crippen LogP contribution in [0.2, 0.25) is 0 Å². The number of thioether (sulfide) groups is 1. The summed E-state index contributed by atoms with van der Waals surface area (Å²) in [7, 11) is 0. The molecule has 0 aromatic carbocycles. The van der Waals surface area contributed by atoms with E-state index >= 15 is 0 Å². The summed E-state index contributed by atoms with van der Waals surface area (Å²) in [5.41, 5.74) is 5.77. The highest BCUT2D eigenvalue weighted by Crippen LogP contribution is 2.28. The van der Waals surface area contributed by atoms with Gasteiger partial charge >= 0.3 is 0 Å². The average molecular weight is 326 g/mol. The van der Waals surface area contributed by atoms with E-state index in [9.17, 15) is 9.59 Å². The van der Waals surface area contributed by atoms with Crippen molar-refractivity contribution in [3.63, 3.8) is 0 Å². The molecule has 0 radical (unpaired) electrons. The summed E-state index contributed by atoms with van der Waals surface area (Å²) < 4.78 is 4.86. The molecule has 8 heteroatoms. The fourth-order valence-electron chi connectivity index (χ4n) is 2.33. The van der Waals surface area contributed by atoms with Gasteiger partial charge in [0.15, 0.2) is 5.82 Å². The molecule has 1 aliphatic heterocycles. The Morgan fingerprint density at radius 3 is 2.91 bits per heavy atom. The van der Waals surface area contributed by atoms with Crippen LogP contribution in [-0.2, 0) is 9.59 Å². The van der Waals surface area contributed by atoms with Crippen molar-refractivity contribution in [3.8, 4) is 0 Å². The van der Waals surface area contributed by atoms with Crippen molar-refractivity contribution in [1.82, 2.24) is 10.1 Å². The first kappa shape index (κ1) is 16.8. The molecule has 7 nitrogen and oxygen atoms in total. The minimum Gasteiger partial charge on any atom is -0.360 e. The lowest BCUT2D eigenvalue weighted by atomic mass is 9.90. The molecule has 1 unspecified atom stereocenters. The Morgan fingerprint density at radius 2 is 2.32 bits per heavy atom. The molecule has 122 valence electrons. The van der Waals surface area contributed by atoms with Gasteiger partial charge in [-0.05, 0) is 25.3 Å². The SMILES string of the molecule is Cc1cc(NC(=O)CSCC(=O)N2CCC(C)(CN)C2)no1. The number of amides is 2. The van der Waals surface area contributed by atoms with Crippen LogP contribution in [0.1, 0.15) is 19.1 Å². The van der Waals surface area contributed by atoms with Gasteiger partial charge in [-0.1, -0.05) is 12.1 Å². The summed E-state index contributed by atoms with van der Waals surface area (Å²) in [5, 5.41) is 6.31. The topological polar surface area (TPSA) is 101 Å². The molecule has 2 rings (SSSR count). The molecular formula is C14H22N4O3S. The van der Waals surface area contributed by atoms with Crippen molar-refractivity contribution >= 4 is 29.4 Å². The molecule has 0 spiro atoms. The zero-order valence-corrected chi connectivity index (χ0v) is 13.7. The van der Waals surface area contributed by atoms with E-state index in [1.165, 1.54) is 11.8 Å². The lowest BCUT2D eigenvalue weighted by Gasteiger charge is -2.22. The van der Waals surface area contributed by atoms with E-state index in [0.717, 1.165) is 13.0 Å². The second-order valence-corrected chi connectivity index (χ2v) is 6.93. The summed E-state index contributed by atoms with van der Waals surface area (Å²) in [4.78, 5) is 25.6. The van der Waals surface area contributed by atoms with E-state index in [0.29, 0.717) is 30.4 Å². The van der Waals surface area contributed by atoms with E-state index < -0.39 is 0 Å². The fraction of sp³-hybridized carbons (Fsp3) is 0.643. The van der Waals surface area contributed by atoms with Gasteiger partial charge in [-0.25, -0.2) is 0 Å². The first-order valence-corrected chi connectivity index (χ1v) is 8.36. The third-order valence-electron chi connectivity index (χ3n) is 3.76. The predicted molar refractivity (Wildman–Crippen MR) is 85.6 cm³/mol. The highest BCUT2D eigenvalue weighted by Gasteiger charge is 2.34. The van der Waals surface area contributed by atoms with E-state index in [4.69, 9.17) is 10.3 Å². The Bertz CT molecular complexity index is 548. The van der Waals surface area contributed by atoms with Crippen LogP contribution in [0.5, 0.6) is 0 Å².